The van der Waals surface area contributed by atoms with Crippen molar-refractivity contribution in [3.8, 4) is 0 Å². The molecule has 25 heavy (non-hydrogen) atoms. The summed E-state index contributed by atoms with van der Waals surface area (Å²) >= 11 is 0. The summed E-state index contributed by atoms with van der Waals surface area (Å²) < 4.78 is 2.45. The number of rotatable bonds is 4. The molecule has 0 radical (unpaired) electrons. The molecule has 0 N–H and O–H groups in total. The van der Waals surface area contributed by atoms with Crippen LogP contribution in [0.4, 0.5) is 0 Å². The number of benzene rings is 2. The Morgan fingerprint density at radius 1 is 1.04 bits per heavy atom. The van der Waals surface area contributed by atoms with E-state index in [0.29, 0.717) is 0 Å². The van der Waals surface area contributed by atoms with Gasteiger partial charge >= 0.3 is 0 Å². The van der Waals surface area contributed by atoms with E-state index in [1.54, 1.807) is 0 Å². The monoisotopic (exact) mass is 325 g/mol. The van der Waals surface area contributed by atoms with Gasteiger partial charge in [-0.15, -0.1) is 0 Å². The van der Waals surface area contributed by atoms with Crippen LogP contribution in [0.2, 0.25) is 0 Å². The first-order chi connectivity index (χ1) is 12.3. The first-order valence-corrected chi connectivity index (χ1v) is 9.43. The summed E-state index contributed by atoms with van der Waals surface area (Å²) in [5.41, 5.74) is 8.38. The van der Waals surface area contributed by atoms with E-state index in [4.69, 9.17) is 0 Å². The lowest BCUT2D eigenvalue weighted by molar-refractivity contribution is 0.776. The number of hydrogen-bond donors (Lipinski definition) is 0. The third-order valence-corrected chi connectivity index (χ3v) is 5.61. The van der Waals surface area contributed by atoms with Gasteiger partial charge in [0.15, 0.2) is 0 Å². The summed E-state index contributed by atoms with van der Waals surface area (Å²) in [5, 5.41) is 1.37. The molecule has 1 heteroatoms. The van der Waals surface area contributed by atoms with Crippen LogP contribution in [-0.4, -0.2) is 4.57 Å². The quantitative estimate of drug-likeness (QED) is 0.522. The predicted octanol–water partition coefficient (Wildman–Crippen LogP) is 6.41. The second-order valence-electron chi connectivity index (χ2n) is 7.27. The molecule has 2 aromatic carbocycles. The lowest BCUT2D eigenvalue weighted by Crippen LogP contribution is -1.90. The van der Waals surface area contributed by atoms with Gasteiger partial charge in [0.25, 0.3) is 0 Å². The Bertz CT molecular complexity index is 1010. The molecule has 124 valence electrons. The van der Waals surface area contributed by atoms with Gasteiger partial charge in [0.1, 0.15) is 0 Å². The molecule has 3 aromatic rings. The molecular weight excluding hydrogens is 302 g/mol. The highest BCUT2D eigenvalue weighted by Gasteiger charge is 2.24. The molecule has 0 atom stereocenters. The molecule has 0 amide bonds. The lowest BCUT2D eigenvalue weighted by Gasteiger charge is -2.07. The normalized spacial score (nSPS) is 17.0. The highest BCUT2D eigenvalue weighted by molar-refractivity contribution is 5.92. The maximum absolute atomic E-state index is 2.45. The summed E-state index contributed by atoms with van der Waals surface area (Å²) in [6.07, 6.45) is 11.8. The largest absolute Gasteiger partial charge is 0.344 e. The highest BCUT2D eigenvalue weighted by atomic mass is 15.0. The van der Waals surface area contributed by atoms with Gasteiger partial charge in [-0.3, -0.25) is 0 Å². The van der Waals surface area contributed by atoms with Crippen molar-refractivity contribution in [2.75, 3.05) is 0 Å². The molecule has 0 spiro atoms. The van der Waals surface area contributed by atoms with Gasteiger partial charge in [0.05, 0.1) is 0 Å². The fraction of sp³-hybridized carbons (Fsp3) is 0.250. The zero-order valence-electron chi connectivity index (χ0n) is 14.7. The lowest BCUT2D eigenvalue weighted by atomic mass is 9.98. The number of nitrogens with zero attached hydrogens (tertiary/aromatic N) is 1. The Morgan fingerprint density at radius 3 is 2.76 bits per heavy atom. The van der Waals surface area contributed by atoms with Crippen molar-refractivity contribution in [1.82, 2.24) is 4.57 Å². The molecule has 0 aliphatic heterocycles. The number of allylic oxidation sites excluding steroid dienone is 4. The summed E-state index contributed by atoms with van der Waals surface area (Å²) in [6, 6.07) is 18.8. The maximum Gasteiger partial charge on any atom is 0.0483 e. The van der Waals surface area contributed by atoms with Crippen LogP contribution in [0, 0.1) is 0 Å². The summed E-state index contributed by atoms with van der Waals surface area (Å²) in [4.78, 5) is 0. The van der Waals surface area contributed by atoms with Gasteiger partial charge in [-0.25, -0.2) is 0 Å². The fourth-order valence-electron chi connectivity index (χ4n) is 4.06. The van der Waals surface area contributed by atoms with E-state index < -0.39 is 0 Å². The van der Waals surface area contributed by atoms with Crippen LogP contribution in [0.3, 0.4) is 0 Å². The second kappa shape index (κ2) is 5.77. The fourth-order valence-corrected chi connectivity index (χ4v) is 4.06. The van der Waals surface area contributed by atoms with Crippen molar-refractivity contribution in [2.24, 2.45) is 0 Å². The average Bonchev–Trinajstić information content (AvgIpc) is 3.22. The first kappa shape index (κ1) is 14.8. The van der Waals surface area contributed by atoms with Gasteiger partial charge in [0.2, 0.25) is 0 Å². The molecule has 2 aliphatic carbocycles. The van der Waals surface area contributed by atoms with Crippen LogP contribution in [0.15, 0.2) is 66.9 Å². The van der Waals surface area contributed by atoms with Crippen LogP contribution in [0.25, 0.3) is 22.0 Å². The van der Waals surface area contributed by atoms with E-state index in [9.17, 15) is 0 Å². The molecule has 0 saturated heterocycles. The Labute approximate surface area is 149 Å². The molecule has 1 aromatic heterocycles. The molecule has 2 aliphatic rings. The number of hydrogen-bond acceptors (Lipinski definition) is 0. The van der Waals surface area contributed by atoms with Crippen LogP contribution in [0.5, 0.6) is 0 Å². The van der Waals surface area contributed by atoms with Crippen molar-refractivity contribution < 1.29 is 0 Å². The molecular formula is C24H23N. The van der Waals surface area contributed by atoms with Crippen LogP contribution in [-0.2, 0) is 6.42 Å². The average molecular weight is 325 g/mol. The molecule has 1 heterocycles. The molecule has 0 unspecified atom stereocenters. The minimum Gasteiger partial charge on any atom is -0.344 e. The predicted molar refractivity (Wildman–Crippen MR) is 107 cm³/mol. The van der Waals surface area contributed by atoms with Crippen LogP contribution < -0.4 is 0 Å². The van der Waals surface area contributed by atoms with E-state index in [1.807, 2.05) is 0 Å². The maximum atomic E-state index is 2.45. The number of aryl methyl sites for hydroxylation is 1. The number of fused-ring (bicyclic) bond motifs is 1. The van der Waals surface area contributed by atoms with E-state index in [0.717, 1.165) is 18.9 Å². The second-order valence-corrected chi connectivity index (χ2v) is 7.27. The van der Waals surface area contributed by atoms with E-state index in [-0.39, 0.29) is 0 Å². The topological polar surface area (TPSA) is 4.93 Å². The third-order valence-electron chi connectivity index (χ3n) is 5.61. The van der Waals surface area contributed by atoms with Gasteiger partial charge in [-0.1, -0.05) is 49.4 Å². The zero-order chi connectivity index (χ0) is 16.8. The Balaban J connectivity index is 1.49. The van der Waals surface area contributed by atoms with Gasteiger partial charge in [0, 0.05) is 23.1 Å². The Hall–Kier alpha value is -2.54. The van der Waals surface area contributed by atoms with Crippen LogP contribution >= 0.6 is 0 Å². The standard InChI is InChI=1S/C24H23N/c1-2-17-5-3-4-6-23(17)20-8-7-18(15-20)19-9-12-24-21(16-19)13-14-25(24)22-10-11-22/h3-6,8-9,12-16,22H,2,7,10-11H2,1H3. The first-order valence-electron chi connectivity index (χ1n) is 9.43. The van der Waals surface area contributed by atoms with Crippen molar-refractivity contribution in [3.05, 3.63) is 83.6 Å². The minimum absolute atomic E-state index is 0.743. The summed E-state index contributed by atoms with van der Waals surface area (Å²) in [7, 11) is 0. The van der Waals surface area contributed by atoms with E-state index in [2.05, 4.69) is 78.4 Å². The molecule has 1 nitrogen and oxygen atoms in total. The van der Waals surface area contributed by atoms with Crippen molar-refractivity contribution >= 4 is 22.0 Å². The summed E-state index contributed by atoms with van der Waals surface area (Å²) in [6.45, 7) is 2.23. The molecule has 1 saturated carbocycles. The van der Waals surface area contributed by atoms with E-state index >= 15 is 0 Å². The Morgan fingerprint density at radius 2 is 1.92 bits per heavy atom. The Kier molecular flexibility index (Phi) is 3.41. The van der Waals surface area contributed by atoms with Gasteiger partial charge in [-0.2, -0.15) is 0 Å². The van der Waals surface area contributed by atoms with E-state index in [1.165, 1.54) is 51.6 Å². The van der Waals surface area contributed by atoms with Crippen LogP contribution in [0.1, 0.15) is 48.9 Å². The molecule has 1 fully saturated rings. The molecule has 5 rings (SSSR count). The minimum atomic E-state index is 0.743. The number of aromatic nitrogens is 1. The highest BCUT2D eigenvalue weighted by Crippen LogP contribution is 2.39. The molecule has 0 bridgehead atoms. The summed E-state index contributed by atoms with van der Waals surface area (Å²) in [5.74, 6) is 0. The third kappa shape index (κ3) is 2.55. The van der Waals surface area contributed by atoms with Crippen molar-refractivity contribution in [3.63, 3.8) is 0 Å². The van der Waals surface area contributed by atoms with Gasteiger partial charge < -0.3 is 4.57 Å². The smallest absolute Gasteiger partial charge is 0.0483 e. The van der Waals surface area contributed by atoms with Gasteiger partial charge in [-0.05, 0) is 71.7 Å². The van der Waals surface area contributed by atoms with Crippen molar-refractivity contribution in [2.45, 2.75) is 38.6 Å². The SMILES string of the molecule is CCc1ccccc1C1=CCC(c2ccc3c(ccn3C3CC3)c2)=C1. The van der Waals surface area contributed by atoms with Crippen molar-refractivity contribution in [1.29, 1.82) is 0 Å². The zero-order valence-corrected chi connectivity index (χ0v) is 14.7.